The third kappa shape index (κ3) is 4.97. The van der Waals surface area contributed by atoms with Crippen LogP contribution in [0.25, 0.3) is 0 Å². The summed E-state index contributed by atoms with van der Waals surface area (Å²) in [5, 5.41) is 12.6. The first-order valence-electron chi connectivity index (χ1n) is 5.46. The highest BCUT2D eigenvalue weighted by atomic mass is 16.5. The third-order valence-electron chi connectivity index (χ3n) is 2.17. The Kier molecular flexibility index (Phi) is 5.65. The number of aliphatic hydroxyl groups excluding tert-OH is 1. The number of nitrogens with zero attached hydrogens (tertiary/aromatic N) is 2. The molecule has 17 heavy (non-hydrogen) atoms. The predicted molar refractivity (Wildman–Crippen MR) is 64.3 cm³/mol. The SMILES string of the molecule is COCC(O)CCNc1cc(OC)nc(C)n1. The molecule has 1 heterocycles. The molecule has 0 radical (unpaired) electrons. The molecule has 6 nitrogen and oxygen atoms in total. The Balaban J connectivity index is 2.43. The van der Waals surface area contributed by atoms with Crippen LogP contribution in [0.1, 0.15) is 12.2 Å². The molecule has 2 N–H and O–H groups in total. The van der Waals surface area contributed by atoms with Crippen molar-refractivity contribution in [3.63, 3.8) is 0 Å². The van der Waals surface area contributed by atoms with Gasteiger partial charge in [0.15, 0.2) is 0 Å². The molecule has 0 amide bonds. The molecule has 0 saturated heterocycles. The molecule has 0 bridgehead atoms. The van der Waals surface area contributed by atoms with Gasteiger partial charge in [-0.2, -0.15) is 4.98 Å². The molecule has 1 aromatic heterocycles. The maximum atomic E-state index is 9.46. The average Bonchev–Trinajstić information content (AvgIpc) is 2.28. The highest BCUT2D eigenvalue weighted by Crippen LogP contribution is 2.12. The number of ether oxygens (including phenoxy) is 2. The van der Waals surface area contributed by atoms with E-state index in [1.165, 1.54) is 0 Å². The summed E-state index contributed by atoms with van der Waals surface area (Å²) in [5.74, 6) is 1.86. The van der Waals surface area contributed by atoms with Crippen molar-refractivity contribution in [2.45, 2.75) is 19.4 Å². The van der Waals surface area contributed by atoms with E-state index < -0.39 is 6.10 Å². The van der Waals surface area contributed by atoms with Crippen molar-refractivity contribution in [2.75, 3.05) is 32.7 Å². The maximum absolute atomic E-state index is 9.46. The monoisotopic (exact) mass is 241 g/mol. The van der Waals surface area contributed by atoms with Gasteiger partial charge in [-0.05, 0) is 13.3 Å². The van der Waals surface area contributed by atoms with Gasteiger partial charge in [-0.1, -0.05) is 0 Å². The average molecular weight is 241 g/mol. The zero-order valence-electron chi connectivity index (χ0n) is 10.4. The molecule has 1 rings (SSSR count). The Morgan fingerprint density at radius 2 is 2.18 bits per heavy atom. The van der Waals surface area contributed by atoms with Crippen LogP contribution in [0.4, 0.5) is 5.82 Å². The van der Waals surface area contributed by atoms with Crippen LogP contribution >= 0.6 is 0 Å². The zero-order chi connectivity index (χ0) is 12.7. The largest absolute Gasteiger partial charge is 0.481 e. The standard InChI is InChI=1S/C11H19N3O3/c1-8-13-10(6-11(14-8)17-3)12-5-4-9(15)7-16-2/h6,9,15H,4-5,7H2,1-3H3,(H,12,13,14). The summed E-state index contributed by atoms with van der Waals surface area (Å²) in [6, 6.07) is 1.72. The van der Waals surface area contributed by atoms with Gasteiger partial charge in [-0.25, -0.2) is 4.98 Å². The first-order valence-corrected chi connectivity index (χ1v) is 5.46. The number of hydrogen-bond acceptors (Lipinski definition) is 6. The van der Waals surface area contributed by atoms with Crippen molar-refractivity contribution in [3.05, 3.63) is 11.9 Å². The smallest absolute Gasteiger partial charge is 0.218 e. The predicted octanol–water partition coefficient (Wildman–Crippen LogP) is 0.603. The van der Waals surface area contributed by atoms with Gasteiger partial charge in [0.05, 0.1) is 19.8 Å². The first-order chi connectivity index (χ1) is 8.15. The summed E-state index contributed by atoms with van der Waals surface area (Å²) in [4.78, 5) is 8.29. The van der Waals surface area contributed by atoms with Crippen LogP contribution in [-0.2, 0) is 4.74 Å². The Hall–Kier alpha value is -1.40. The minimum absolute atomic E-state index is 0.341. The Labute approximate surface area is 101 Å². The minimum Gasteiger partial charge on any atom is -0.481 e. The lowest BCUT2D eigenvalue weighted by molar-refractivity contribution is 0.0615. The molecule has 0 saturated carbocycles. The molecule has 0 aliphatic heterocycles. The van der Waals surface area contributed by atoms with Crippen molar-refractivity contribution in [1.82, 2.24) is 9.97 Å². The third-order valence-corrected chi connectivity index (χ3v) is 2.17. The summed E-state index contributed by atoms with van der Waals surface area (Å²) in [6.45, 7) is 2.76. The Morgan fingerprint density at radius 1 is 1.41 bits per heavy atom. The Bertz CT molecular complexity index is 347. The van der Waals surface area contributed by atoms with Crippen LogP contribution in [0.5, 0.6) is 5.88 Å². The number of aliphatic hydroxyl groups is 1. The lowest BCUT2D eigenvalue weighted by Gasteiger charge is -2.11. The van der Waals surface area contributed by atoms with E-state index in [0.717, 1.165) is 0 Å². The van der Waals surface area contributed by atoms with Gasteiger partial charge in [-0.15, -0.1) is 0 Å². The van der Waals surface area contributed by atoms with Crippen molar-refractivity contribution < 1.29 is 14.6 Å². The number of rotatable bonds is 7. The molecule has 1 atom stereocenters. The number of nitrogens with one attached hydrogen (secondary N) is 1. The fourth-order valence-electron chi connectivity index (χ4n) is 1.38. The molecule has 0 spiro atoms. The van der Waals surface area contributed by atoms with Crippen LogP contribution < -0.4 is 10.1 Å². The van der Waals surface area contributed by atoms with Crippen LogP contribution in [0.15, 0.2) is 6.07 Å². The van der Waals surface area contributed by atoms with E-state index in [9.17, 15) is 5.11 Å². The zero-order valence-corrected chi connectivity index (χ0v) is 10.4. The van der Waals surface area contributed by atoms with Crippen LogP contribution in [0.2, 0.25) is 0 Å². The van der Waals surface area contributed by atoms with Gasteiger partial charge in [0.2, 0.25) is 5.88 Å². The number of methoxy groups -OCH3 is 2. The van der Waals surface area contributed by atoms with Gasteiger partial charge in [-0.3, -0.25) is 0 Å². The fraction of sp³-hybridized carbons (Fsp3) is 0.636. The molecule has 0 aromatic carbocycles. The van der Waals surface area contributed by atoms with E-state index in [-0.39, 0.29) is 0 Å². The van der Waals surface area contributed by atoms with Crippen LogP contribution in [0, 0.1) is 6.92 Å². The van der Waals surface area contributed by atoms with Gasteiger partial charge in [0.25, 0.3) is 0 Å². The molecule has 0 fully saturated rings. The summed E-state index contributed by atoms with van der Waals surface area (Å²) < 4.78 is 9.88. The van der Waals surface area contributed by atoms with Gasteiger partial charge in [0, 0.05) is 19.7 Å². The van der Waals surface area contributed by atoms with E-state index in [1.54, 1.807) is 27.2 Å². The summed E-state index contributed by atoms with van der Waals surface area (Å²) in [7, 11) is 3.13. The second-order valence-electron chi connectivity index (χ2n) is 3.67. The first kappa shape index (κ1) is 13.7. The molecule has 0 aliphatic carbocycles. The van der Waals surface area contributed by atoms with Crippen molar-refractivity contribution in [2.24, 2.45) is 0 Å². The molecule has 0 aliphatic rings. The molecule has 1 aromatic rings. The van der Waals surface area contributed by atoms with Crippen molar-refractivity contribution >= 4 is 5.82 Å². The van der Waals surface area contributed by atoms with Crippen molar-refractivity contribution in [1.29, 1.82) is 0 Å². The number of aryl methyl sites for hydroxylation is 1. The topological polar surface area (TPSA) is 76.5 Å². The second-order valence-corrected chi connectivity index (χ2v) is 3.67. The molecular formula is C11H19N3O3. The molecular weight excluding hydrogens is 222 g/mol. The lowest BCUT2D eigenvalue weighted by Crippen LogP contribution is -2.18. The summed E-state index contributed by atoms with van der Waals surface area (Å²) >= 11 is 0. The van der Waals surface area contributed by atoms with E-state index in [1.807, 2.05) is 0 Å². The minimum atomic E-state index is -0.461. The quantitative estimate of drug-likeness (QED) is 0.728. The molecule has 1 unspecified atom stereocenters. The second kappa shape index (κ2) is 7.03. The highest BCUT2D eigenvalue weighted by molar-refractivity contribution is 5.38. The number of anilines is 1. The van der Waals surface area contributed by atoms with Gasteiger partial charge in [0.1, 0.15) is 11.6 Å². The van der Waals surface area contributed by atoms with Crippen molar-refractivity contribution in [3.8, 4) is 5.88 Å². The maximum Gasteiger partial charge on any atom is 0.218 e. The van der Waals surface area contributed by atoms with E-state index in [2.05, 4.69) is 15.3 Å². The fourth-order valence-corrected chi connectivity index (χ4v) is 1.38. The summed E-state index contributed by atoms with van der Waals surface area (Å²) in [5.41, 5.74) is 0. The molecule has 6 heteroatoms. The Morgan fingerprint density at radius 3 is 2.82 bits per heavy atom. The van der Waals surface area contributed by atoms with Crippen LogP contribution in [0.3, 0.4) is 0 Å². The molecule has 96 valence electrons. The lowest BCUT2D eigenvalue weighted by atomic mass is 10.2. The number of aromatic nitrogens is 2. The summed E-state index contributed by atoms with van der Waals surface area (Å²) in [6.07, 6.45) is 0.136. The van der Waals surface area contributed by atoms with Gasteiger partial charge >= 0.3 is 0 Å². The van der Waals surface area contributed by atoms with E-state index in [0.29, 0.717) is 37.1 Å². The van der Waals surface area contributed by atoms with Crippen LogP contribution in [-0.4, -0.2) is 48.5 Å². The highest BCUT2D eigenvalue weighted by Gasteiger charge is 2.04. The number of hydrogen-bond donors (Lipinski definition) is 2. The van der Waals surface area contributed by atoms with E-state index >= 15 is 0 Å². The van der Waals surface area contributed by atoms with Gasteiger partial charge < -0.3 is 19.9 Å². The normalized spacial score (nSPS) is 12.2. The van der Waals surface area contributed by atoms with E-state index in [4.69, 9.17) is 9.47 Å².